The predicted octanol–water partition coefficient (Wildman–Crippen LogP) is 0.674. The number of nitrogens with zero attached hydrogens (tertiary/aromatic N) is 1. The van der Waals surface area contributed by atoms with Crippen LogP contribution in [-0.2, 0) is 32.7 Å². The maximum absolute atomic E-state index is 3.50. The minimum absolute atomic E-state index is 0. The Morgan fingerprint density at radius 3 is 2.33 bits per heavy atom. The SMILES string of the molecule is C=C=NC[CH2-].[Y]. The fraction of sp³-hybridized carbons (Fsp3) is 0.250. The van der Waals surface area contributed by atoms with Gasteiger partial charge in [0, 0.05) is 32.7 Å². The van der Waals surface area contributed by atoms with Crippen molar-refractivity contribution in [3.05, 3.63) is 13.5 Å². The van der Waals surface area contributed by atoms with Crippen LogP contribution >= 0.6 is 0 Å². The van der Waals surface area contributed by atoms with Gasteiger partial charge in [0.1, 0.15) is 0 Å². The number of aliphatic imine (C=N–C) groups is 1. The Kier molecular flexibility index (Phi) is 14.8. The van der Waals surface area contributed by atoms with E-state index in [0.717, 1.165) is 0 Å². The zero-order valence-corrected chi connectivity index (χ0v) is 6.48. The molecule has 0 fully saturated rings. The van der Waals surface area contributed by atoms with Crippen LogP contribution in [0.1, 0.15) is 0 Å². The molecule has 6 heavy (non-hydrogen) atoms. The third-order valence-electron chi connectivity index (χ3n) is 0.224. The topological polar surface area (TPSA) is 12.4 Å². The molecule has 0 amide bonds. The van der Waals surface area contributed by atoms with Gasteiger partial charge >= 0.3 is 0 Å². The molecule has 0 spiro atoms. The second-order valence-corrected chi connectivity index (χ2v) is 0.540. The summed E-state index contributed by atoms with van der Waals surface area (Å²) in [5, 5.41) is 0. The second-order valence-electron chi connectivity index (χ2n) is 0.540. The molecular formula is C4H6NY-. The fourth-order valence-electron chi connectivity index (χ4n) is 0.0791. The summed E-state index contributed by atoms with van der Waals surface area (Å²) in [6, 6.07) is 0. The summed E-state index contributed by atoms with van der Waals surface area (Å²) in [5.41, 5.74) is 0. The van der Waals surface area contributed by atoms with E-state index in [2.05, 4.69) is 24.4 Å². The molecule has 0 aliphatic heterocycles. The van der Waals surface area contributed by atoms with Crippen LogP contribution in [-0.4, -0.2) is 12.4 Å². The zero-order chi connectivity index (χ0) is 4.12. The Hall–Kier alpha value is 0.554. The van der Waals surface area contributed by atoms with Crippen molar-refractivity contribution in [3.8, 4) is 0 Å². The van der Waals surface area contributed by atoms with E-state index in [9.17, 15) is 0 Å². The first-order valence-electron chi connectivity index (χ1n) is 1.39. The van der Waals surface area contributed by atoms with Crippen molar-refractivity contribution >= 4 is 5.87 Å². The Balaban J connectivity index is 0. The molecule has 0 aromatic carbocycles. The quantitative estimate of drug-likeness (QED) is 0.392. The summed E-state index contributed by atoms with van der Waals surface area (Å²) in [5.74, 6) is 2.33. The summed E-state index contributed by atoms with van der Waals surface area (Å²) in [4.78, 5) is 3.50. The molecule has 0 unspecified atom stereocenters. The van der Waals surface area contributed by atoms with Crippen molar-refractivity contribution < 1.29 is 32.7 Å². The molecule has 0 N–H and O–H groups in total. The molecule has 0 heterocycles. The molecule has 0 aliphatic carbocycles. The van der Waals surface area contributed by atoms with E-state index in [4.69, 9.17) is 0 Å². The molecule has 1 radical (unpaired) electrons. The monoisotopic (exact) mass is 157 g/mol. The van der Waals surface area contributed by atoms with E-state index in [1.807, 2.05) is 0 Å². The summed E-state index contributed by atoms with van der Waals surface area (Å²) in [7, 11) is 0. The van der Waals surface area contributed by atoms with Crippen LogP contribution in [0.5, 0.6) is 0 Å². The van der Waals surface area contributed by atoms with Crippen molar-refractivity contribution in [1.82, 2.24) is 0 Å². The minimum Gasteiger partial charge on any atom is -0.322 e. The van der Waals surface area contributed by atoms with Crippen molar-refractivity contribution in [2.75, 3.05) is 6.54 Å². The van der Waals surface area contributed by atoms with Crippen LogP contribution < -0.4 is 0 Å². The molecular weight excluding hydrogens is 151 g/mol. The smallest absolute Gasteiger partial charge is 0 e. The van der Waals surface area contributed by atoms with Gasteiger partial charge in [-0.2, -0.15) is 0 Å². The minimum atomic E-state index is 0. The van der Waals surface area contributed by atoms with Gasteiger partial charge in [-0.05, 0) is 12.4 Å². The second kappa shape index (κ2) is 9.12. The van der Waals surface area contributed by atoms with E-state index in [1.54, 1.807) is 0 Å². The Bertz CT molecular complexity index is 54.6. The third-order valence-corrected chi connectivity index (χ3v) is 0.224. The summed E-state index contributed by atoms with van der Waals surface area (Å²) >= 11 is 0. The Morgan fingerprint density at radius 1 is 1.83 bits per heavy atom. The fourth-order valence-corrected chi connectivity index (χ4v) is 0.0791. The molecule has 0 rings (SSSR count). The van der Waals surface area contributed by atoms with Gasteiger partial charge in [0.15, 0.2) is 0 Å². The Morgan fingerprint density at radius 2 is 2.33 bits per heavy atom. The van der Waals surface area contributed by atoms with Crippen molar-refractivity contribution in [3.63, 3.8) is 0 Å². The molecule has 0 atom stereocenters. The molecule has 0 aromatic heterocycles. The standard InChI is InChI=1S/C4H6N.Y/c1-3-5-4-2;/h1-3H2;/q-1;. The predicted molar refractivity (Wildman–Crippen MR) is 23.3 cm³/mol. The van der Waals surface area contributed by atoms with E-state index in [1.165, 1.54) is 0 Å². The normalized spacial score (nSPS) is 4.83. The van der Waals surface area contributed by atoms with Crippen molar-refractivity contribution in [2.24, 2.45) is 4.99 Å². The Labute approximate surface area is 63.4 Å². The first-order chi connectivity index (χ1) is 2.41. The van der Waals surface area contributed by atoms with Crippen LogP contribution in [0, 0.1) is 6.92 Å². The molecule has 31 valence electrons. The molecule has 0 aromatic rings. The molecule has 2 heteroatoms. The van der Waals surface area contributed by atoms with E-state index < -0.39 is 0 Å². The van der Waals surface area contributed by atoms with Gasteiger partial charge in [-0.15, -0.1) is 0 Å². The zero-order valence-electron chi connectivity index (χ0n) is 3.65. The van der Waals surface area contributed by atoms with Crippen LogP contribution in [0.4, 0.5) is 0 Å². The van der Waals surface area contributed by atoms with E-state index in [-0.39, 0.29) is 32.7 Å². The average Bonchev–Trinajstić information content (AvgIpc) is 1.41. The van der Waals surface area contributed by atoms with Crippen molar-refractivity contribution in [1.29, 1.82) is 0 Å². The van der Waals surface area contributed by atoms with Gasteiger partial charge in [-0.1, -0.05) is 6.54 Å². The van der Waals surface area contributed by atoms with E-state index >= 15 is 0 Å². The average molecular weight is 157 g/mol. The largest absolute Gasteiger partial charge is 0.322 e. The molecule has 0 aliphatic rings. The molecule has 0 bridgehead atoms. The van der Waals surface area contributed by atoms with Crippen LogP contribution in [0.2, 0.25) is 0 Å². The van der Waals surface area contributed by atoms with Gasteiger partial charge in [-0.3, -0.25) is 4.99 Å². The molecule has 0 saturated carbocycles. The third kappa shape index (κ3) is 8.82. The molecule has 1 nitrogen and oxygen atoms in total. The van der Waals surface area contributed by atoms with Gasteiger partial charge in [0.05, 0.1) is 0 Å². The number of hydrogen-bond acceptors (Lipinski definition) is 1. The van der Waals surface area contributed by atoms with Gasteiger partial charge in [0.2, 0.25) is 0 Å². The molecule has 0 saturated heterocycles. The van der Waals surface area contributed by atoms with Gasteiger partial charge < -0.3 is 6.92 Å². The van der Waals surface area contributed by atoms with Crippen LogP contribution in [0.3, 0.4) is 0 Å². The summed E-state index contributed by atoms with van der Waals surface area (Å²) in [6.45, 7) is 7.17. The maximum Gasteiger partial charge on any atom is 0 e. The van der Waals surface area contributed by atoms with Crippen LogP contribution in [0.15, 0.2) is 11.6 Å². The van der Waals surface area contributed by atoms with Gasteiger partial charge in [-0.25, -0.2) is 0 Å². The van der Waals surface area contributed by atoms with E-state index in [0.29, 0.717) is 6.54 Å². The van der Waals surface area contributed by atoms with Gasteiger partial charge in [0.25, 0.3) is 0 Å². The first-order valence-corrected chi connectivity index (χ1v) is 1.39. The van der Waals surface area contributed by atoms with Crippen LogP contribution in [0.25, 0.3) is 0 Å². The summed E-state index contributed by atoms with van der Waals surface area (Å²) in [6.07, 6.45) is 0. The number of hydrogen-bond donors (Lipinski definition) is 0. The number of rotatable bonds is 1. The van der Waals surface area contributed by atoms with Crippen molar-refractivity contribution in [2.45, 2.75) is 0 Å². The maximum atomic E-state index is 3.50. The first kappa shape index (κ1) is 9.75. The summed E-state index contributed by atoms with van der Waals surface area (Å²) < 4.78 is 0.